The first-order valence-corrected chi connectivity index (χ1v) is 9.42. The number of nitrogens with one attached hydrogen (secondary N) is 1. The van der Waals surface area contributed by atoms with Gasteiger partial charge in [0.2, 0.25) is 0 Å². The van der Waals surface area contributed by atoms with Crippen molar-refractivity contribution in [3.63, 3.8) is 0 Å². The molecule has 138 valence electrons. The minimum Gasteiger partial charge on any atom is -0.300 e. The van der Waals surface area contributed by atoms with Crippen molar-refractivity contribution in [2.24, 2.45) is 0 Å². The Balaban J connectivity index is 1.57. The molecular weight excluding hydrogens is 312 g/mol. The number of aromatic amines is 1. The van der Waals surface area contributed by atoms with E-state index in [-0.39, 0.29) is 5.41 Å². The van der Waals surface area contributed by atoms with Crippen molar-refractivity contribution in [2.45, 2.75) is 78.3 Å². The van der Waals surface area contributed by atoms with Crippen LogP contribution in [0.3, 0.4) is 0 Å². The van der Waals surface area contributed by atoms with Crippen LogP contribution in [0.15, 0.2) is 6.20 Å². The summed E-state index contributed by atoms with van der Waals surface area (Å²) in [5.41, 5.74) is 4.86. The topological polar surface area (TPSA) is 62.6 Å². The van der Waals surface area contributed by atoms with Crippen LogP contribution < -0.4 is 0 Å². The standard InChI is InChI=1S/C19H32N6/c1-13(11-17-14(2)20-21-15(17)3)24-9-7-16(8-10-24)25-12-18(22-23-25)19(4,5)6/h12-13,16H,7-11H2,1-6H3,(H,20,21)/t13-/m1/s1. The van der Waals surface area contributed by atoms with E-state index in [2.05, 4.69) is 77.8 Å². The highest BCUT2D eigenvalue weighted by atomic mass is 15.4. The average molecular weight is 345 g/mol. The summed E-state index contributed by atoms with van der Waals surface area (Å²) in [6, 6.07) is 1.02. The quantitative estimate of drug-likeness (QED) is 0.925. The van der Waals surface area contributed by atoms with Gasteiger partial charge in [0, 0.05) is 36.4 Å². The Kier molecular flexibility index (Phi) is 5.00. The molecule has 0 aromatic carbocycles. The van der Waals surface area contributed by atoms with Crippen molar-refractivity contribution in [3.05, 3.63) is 28.8 Å². The second kappa shape index (κ2) is 6.90. The molecule has 2 aromatic heterocycles. The Morgan fingerprint density at radius 3 is 2.44 bits per heavy atom. The molecule has 3 rings (SSSR count). The summed E-state index contributed by atoms with van der Waals surface area (Å²) >= 11 is 0. The van der Waals surface area contributed by atoms with Crippen LogP contribution in [0.1, 0.15) is 69.2 Å². The molecule has 0 amide bonds. The van der Waals surface area contributed by atoms with Crippen molar-refractivity contribution in [1.29, 1.82) is 0 Å². The number of aromatic nitrogens is 5. The number of piperidine rings is 1. The monoisotopic (exact) mass is 344 g/mol. The smallest absolute Gasteiger partial charge is 0.0880 e. The molecule has 1 atom stereocenters. The first-order chi connectivity index (χ1) is 11.8. The molecule has 6 heteroatoms. The van der Waals surface area contributed by atoms with Gasteiger partial charge in [-0.05, 0) is 45.6 Å². The van der Waals surface area contributed by atoms with E-state index in [1.165, 1.54) is 11.3 Å². The molecule has 1 aliphatic heterocycles. The molecule has 1 fully saturated rings. The Bertz CT molecular complexity index is 680. The molecule has 0 unspecified atom stereocenters. The Labute approximate surface area is 151 Å². The van der Waals surface area contributed by atoms with Gasteiger partial charge < -0.3 is 4.90 Å². The molecule has 0 spiro atoms. The highest BCUT2D eigenvalue weighted by Crippen LogP contribution is 2.26. The van der Waals surface area contributed by atoms with Gasteiger partial charge in [0.1, 0.15) is 0 Å². The molecule has 2 aromatic rings. The van der Waals surface area contributed by atoms with Gasteiger partial charge in [-0.1, -0.05) is 26.0 Å². The van der Waals surface area contributed by atoms with Crippen molar-refractivity contribution in [1.82, 2.24) is 30.1 Å². The summed E-state index contributed by atoms with van der Waals surface area (Å²) in [6.45, 7) is 15.3. The van der Waals surface area contributed by atoms with Crippen LogP contribution in [0, 0.1) is 13.8 Å². The van der Waals surface area contributed by atoms with E-state index >= 15 is 0 Å². The van der Waals surface area contributed by atoms with Crippen molar-refractivity contribution < 1.29 is 0 Å². The van der Waals surface area contributed by atoms with Crippen LogP contribution >= 0.6 is 0 Å². The zero-order valence-electron chi connectivity index (χ0n) is 16.5. The van der Waals surface area contributed by atoms with E-state index in [4.69, 9.17) is 0 Å². The second-order valence-electron chi connectivity index (χ2n) is 8.57. The molecule has 3 heterocycles. The largest absolute Gasteiger partial charge is 0.300 e. The fourth-order valence-corrected chi connectivity index (χ4v) is 3.69. The maximum atomic E-state index is 4.40. The number of nitrogens with zero attached hydrogens (tertiary/aromatic N) is 5. The summed E-state index contributed by atoms with van der Waals surface area (Å²) in [7, 11) is 0. The van der Waals surface area contributed by atoms with Gasteiger partial charge in [-0.15, -0.1) is 5.10 Å². The average Bonchev–Trinajstić information content (AvgIpc) is 3.17. The number of H-pyrrole nitrogens is 1. The lowest BCUT2D eigenvalue weighted by Gasteiger charge is -2.36. The van der Waals surface area contributed by atoms with Crippen LogP contribution in [-0.4, -0.2) is 49.2 Å². The summed E-state index contributed by atoms with van der Waals surface area (Å²) in [6.07, 6.45) is 5.49. The van der Waals surface area contributed by atoms with Crippen LogP contribution in [0.5, 0.6) is 0 Å². The Morgan fingerprint density at radius 1 is 1.24 bits per heavy atom. The zero-order chi connectivity index (χ0) is 18.2. The van der Waals surface area contributed by atoms with Gasteiger partial charge in [0.25, 0.3) is 0 Å². The highest BCUT2D eigenvalue weighted by Gasteiger charge is 2.27. The minimum absolute atomic E-state index is 0.0633. The molecule has 25 heavy (non-hydrogen) atoms. The van der Waals surface area contributed by atoms with Gasteiger partial charge >= 0.3 is 0 Å². The lowest BCUT2D eigenvalue weighted by Crippen LogP contribution is -2.41. The lowest BCUT2D eigenvalue weighted by atomic mass is 9.93. The summed E-state index contributed by atoms with van der Waals surface area (Å²) in [5.74, 6) is 0. The normalized spacial score (nSPS) is 18.6. The Morgan fingerprint density at radius 2 is 1.92 bits per heavy atom. The van der Waals surface area contributed by atoms with Crippen molar-refractivity contribution >= 4 is 0 Å². The van der Waals surface area contributed by atoms with Gasteiger partial charge in [-0.3, -0.25) is 5.10 Å². The summed E-state index contributed by atoms with van der Waals surface area (Å²) < 4.78 is 2.09. The number of rotatable bonds is 4. The third kappa shape index (κ3) is 3.94. The van der Waals surface area contributed by atoms with E-state index in [1.54, 1.807) is 0 Å². The zero-order valence-corrected chi connectivity index (χ0v) is 16.5. The molecule has 1 saturated heterocycles. The molecule has 0 bridgehead atoms. The van der Waals surface area contributed by atoms with E-state index in [9.17, 15) is 0 Å². The summed E-state index contributed by atoms with van der Waals surface area (Å²) in [4.78, 5) is 2.60. The third-order valence-corrected chi connectivity index (χ3v) is 5.56. The molecule has 0 radical (unpaired) electrons. The molecular formula is C19H32N6. The fraction of sp³-hybridized carbons (Fsp3) is 0.737. The number of hydrogen-bond acceptors (Lipinski definition) is 4. The molecule has 0 saturated carbocycles. The first-order valence-electron chi connectivity index (χ1n) is 9.42. The maximum absolute atomic E-state index is 4.40. The SMILES string of the molecule is Cc1n[nH]c(C)c1C[C@@H](C)N1CCC(n2cc(C(C)(C)C)nn2)CC1. The van der Waals surface area contributed by atoms with Crippen LogP contribution in [0.25, 0.3) is 0 Å². The lowest BCUT2D eigenvalue weighted by molar-refractivity contribution is 0.137. The molecule has 6 nitrogen and oxygen atoms in total. The number of likely N-dealkylation sites (tertiary alicyclic amines) is 1. The maximum Gasteiger partial charge on any atom is 0.0880 e. The minimum atomic E-state index is 0.0633. The third-order valence-electron chi connectivity index (χ3n) is 5.56. The van der Waals surface area contributed by atoms with Crippen LogP contribution in [-0.2, 0) is 11.8 Å². The second-order valence-corrected chi connectivity index (χ2v) is 8.57. The predicted molar refractivity (Wildman–Crippen MR) is 99.8 cm³/mol. The molecule has 1 N–H and O–H groups in total. The number of aryl methyl sites for hydroxylation is 2. The van der Waals surface area contributed by atoms with Crippen molar-refractivity contribution in [2.75, 3.05) is 13.1 Å². The van der Waals surface area contributed by atoms with Gasteiger partial charge in [-0.2, -0.15) is 5.10 Å². The highest BCUT2D eigenvalue weighted by molar-refractivity contribution is 5.24. The van der Waals surface area contributed by atoms with Gasteiger partial charge in [0.05, 0.1) is 17.4 Å². The first kappa shape index (κ1) is 18.1. The van der Waals surface area contributed by atoms with Crippen LogP contribution in [0.2, 0.25) is 0 Å². The number of hydrogen-bond donors (Lipinski definition) is 1. The van der Waals surface area contributed by atoms with Gasteiger partial charge in [-0.25, -0.2) is 4.68 Å². The van der Waals surface area contributed by atoms with Gasteiger partial charge in [0.15, 0.2) is 0 Å². The van der Waals surface area contributed by atoms with E-state index in [1.807, 2.05) is 0 Å². The molecule has 1 aliphatic rings. The van der Waals surface area contributed by atoms with Crippen LogP contribution in [0.4, 0.5) is 0 Å². The predicted octanol–water partition coefficient (Wildman–Crippen LogP) is 3.18. The van der Waals surface area contributed by atoms with E-state index < -0.39 is 0 Å². The van der Waals surface area contributed by atoms with E-state index in [0.29, 0.717) is 12.1 Å². The van der Waals surface area contributed by atoms with Crippen molar-refractivity contribution in [3.8, 4) is 0 Å². The fourth-order valence-electron chi connectivity index (χ4n) is 3.69. The Hall–Kier alpha value is -1.69. The molecule has 0 aliphatic carbocycles. The van der Waals surface area contributed by atoms with E-state index in [0.717, 1.165) is 43.7 Å². The summed E-state index contributed by atoms with van der Waals surface area (Å²) in [5, 5.41) is 16.2.